The Hall–Kier alpha value is -3.35. The molecule has 1 aliphatic rings. The summed E-state index contributed by atoms with van der Waals surface area (Å²) >= 11 is 0. The highest BCUT2D eigenvalue weighted by Gasteiger charge is 2.41. The molecule has 0 bridgehead atoms. The Morgan fingerprint density at radius 2 is 1.90 bits per heavy atom. The van der Waals surface area contributed by atoms with Crippen LogP contribution in [0.4, 0.5) is 10.5 Å². The van der Waals surface area contributed by atoms with E-state index in [2.05, 4.69) is 15.5 Å². The van der Waals surface area contributed by atoms with Crippen LogP contribution >= 0.6 is 0 Å². The number of aromatic nitrogens is 2. The molecule has 7 heteroatoms. The number of ether oxygens (including phenoxy) is 1. The van der Waals surface area contributed by atoms with Crippen molar-refractivity contribution in [2.45, 2.75) is 32.3 Å². The minimum absolute atomic E-state index is 0.101. The van der Waals surface area contributed by atoms with Gasteiger partial charge in [-0.05, 0) is 44.5 Å². The minimum Gasteiger partial charge on any atom is -0.444 e. The van der Waals surface area contributed by atoms with Crippen LogP contribution in [0, 0.1) is 5.92 Å². The molecule has 30 heavy (non-hydrogen) atoms. The number of fused-ring (bicyclic) bond motifs is 1. The van der Waals surface area contributed by atoms with Gasteiger partial charge in [0.25, 0.3) is 0 Å². The molecule has 3 aromatic rings. The zero-order valence-electron chi connectivity index (χ0n) is 17.4. The average molecular weight is 406 g/mol. The lowest BCUT2D eigenvalue weighted by molar-refractivity contribution is -0.119. The van der Waals surface area contributed by atoms with Gasteiger partial charge in [-0.25, -0.2) is 4.79 Å². The Bertz CT molecular complexity index is 1060. The van der Waals surface area contributed by atoms with Crippen LogP contribution in [0.15, 0.2) is 54.7 Å². The zero-order valence-corrected chi connectivity index (χ0v) is 17.4. The Morgan fingerprint density at radius 3 is 2.63 bits per heavy atom. The first-order valence-electron chi connectivity index (χ1n) is 10.1. The van der Waals surface area contributed by atoms with Gasteiger partial charge >= 0.3 is 6.09 Å². The maximum Gasteiger partial charge on any atom is 0.410 e. The monoisotopic (exact) mass is 406 g/mol. The highest BCUT2D eigenvalue weighted by Crippen LogP contribution is 2.34. The number of H-pyrrole nitrogens is 1. The maximum absolute atomic E-state index is 13.2. The fourth-order valence-corrected chi connectivity index (χ4v) is 3.84. The number of carbonyl (C=O) groups excluding carboxylic acids is 2. The Morgan fingerprint density at radius 1 is 1.13 bits per heavy atom. The molecule has 2 amide bonds. The Balaban J connectivity index is 1.55. The molecule has 2 aromatic carbocycles. The van der Waals surface area contributed by atoms with Gasteiger partial charge in [0, 0.05) is 30.1 Å². The van der Waals surface area contributed by atoms with E-state index in [0.717, 1.165) is 16.5 Å². The number of hydrogen-bond donors (Lipinski definition) is 2. The van der Waals surface area contributed by atoms with E-state index in [1.807, 2.05) is 69.3 Å². The molecule has 1 fully saturated rings. The number of benzene rings is 2. The largest absolute Gasteiger partial charge is 0.444 e. The summed E-state index contributed by atoms with van der Waals surface area (Å²) in [4.78, 5) is 27.5. The molecule has 2 atom stereocenters. The minimum atomic E-state index is -0.584. The SMILES string of the molecule is CC(C)(C)OC(=O)N1CC(C(=O)Nc2ccc3[nH]ncc3c2)C(c2ccccc2)C1. The fraction of sp³-hybridized carbons (Fsp3) is 0.348. The van der Waals surface area contributed by atoms with E-state index in [1.165, 1.54) is 0 Å². The van der Waals surface area contributed by atoms with E-state index in [9.17, 15) is 9.59 Å². The smallest absolute Gasteiger partial charge is 0.410 e. The molecule has 0 saturated carbocycles. The summed E-state index contributed by atoms with van der Waals surface area (Å²) in [6.07, 6.45) is 1.33. The molecule has 156 valence electrons. The summed E-state index contributed by atoms with van der Waals surface area (Å²) in [7, 11) is 0. The lowest BCUT2D eigenvalue weighted by atomic mass is 9.88. The number of aromatic amines is 1. The number of nitrogens with zero attached hydrogens (tertiary/aromatic N) is 2. The molecular formula is C23H26N4O3. The second-order valence-corrected chi connectivity index (χ2v) is 8.67. The van der Waals surface area contributed by atoms with Gasteiger partial charge in [-0.2, -0.15) is 5.10 Å². The van der Waals surface area contributed by atoms with Crippen LogP contribution in [-0.2, 0) is 9.53 Å². The lowest BCUT2D eigenvalue weighted by Gasteiger charge is -2.24. The van der Waals surface area contributed by atoms with Crippen molar-refractivity contribution in [3.05, 3.63) is 60.3 Å². The first-order chi connectivity index (χ1) is 14.3. The standard InChI is InChI=1S/C23H26N4O3/c1-23(2,3)30-22(29)27-13-18(15-7-5-4-6-8-15)19(14-27)21(28)25-17-9-10-20-16(11-17)12-24-26-20/h4-12,18-19H,13-14H2,1-3H3,(H,24,26)(H,25,28). The van der Waals surface area contributed by atoms with Gasteiger partial charge in [-0.15, -0.1) is 0 Å². The van der Waals surface area contributed by atoms with Gasteiger partial charge in [0.1, 0.15) is 5.60 Å². The lowest BCUT2D eigenvalue weighted by Crippen LogP contribution is -2.36. The zero-order chi connectivity index (χ0) is 21.3. The summed E-state index contributed by atoms with van der Waals surface area (Å²) < 4.78 is 5.54. The number of rotatable bonds is 3. The number of likely N-dealkylation sites (tertiary alicyclic amines) is 1. The fourth-order valence-electron chi connectivity index (χ4n) is 3.84. The molecule has 7 nitrogen and oxygen atoms in total. The van der Waals surface area contributed by atoms with Crippen LogP contribution in [0.1, 0.15) is 32.3 Å². The Labute approximate surface area is 175 Å². The molecule has 2 unspecified atom stereocenters. The van der Waals surface area contributed by atoms with E-state index in [-0.39, 0.29) is 17.7 Å². The number of hydrogen-bond acceptors (Lipinski definition) is 4. The van der Waals surface area contributed by atoms with Crippen molar-refractivity contribution < 1.29 is 14.3 Å². The molecule has 1 aliphatic heterocycles. The number of carbonyl (C=O) groups is 2. The summed E-state index contributed by atoms with van der Waals surface area (Å²) in [6.45, 7) is 6.27. The van der Waals surface area contributed by atoms with E-state index in [4.69, 9.17) is 4.74 Å². The average Bonchev–Trinajstić information content (AvgIpc) is 3.34. The van der Waals surface area contributed by atoms with Crippen molar-refractivity contribution in [2.24, 2.45) is 5.92 Å². The van der Waals surface area contributed by atoms with Crippen molar-refractivity contribution in [1.29, 1.82) is 0 Å². The Kier molecular flexibility index (Phi) is 5.20. The molecule has 1 saturated heterocycles. The highest BCUT2D eigenvalue weighted by molar-refractivity contribution is 5.96. The summed E-state index contributed by atoms with van der Waals surface area (Å²) in [5.41, 5.74) is 2.07. The van der Waals surface area contributed by atoms with Crippen molar-refractivity contribution in [2.75, 3.05) is 18.4 Å². The number of amides is 2. The molecule has 0 spiro atoms. The third-order valence-corrected chi connectivity index (χ3v) is 5.24. The quantitative estimate of drug-likeness (QED) is 0.684. The van der Waals surface area contributed by atoms with Gasteiger partial charge in [0.05, 0.1) is 17.6 Å². The van der Waals surface area contributed by atoms with E-state index in [0.29, 0.717) is 18.8 Å². The van der Waals surface area contributed by atoms with Gasteiger partial charge in [0.2, 0.25) is 5.91 Å². The third kappa shape index (κ3) is 4.30. The van der Waals surface area contributed by atoms with Gasteiger partial charge in [-0.1, -0.05) is 30.3 Å². The molecule has 0 radical (unpaired) electrons. The van der Waals surface area contributed by atoms with E-state index >= 15 is 0 Å². The topological polar surface area (TPSA) is 87.3 Å². The van der Waals surface area contributed by atoms with Gasteiger partial charge < -0.3 is 15.0 Å². The van der Waals surface area contributed by atoms with Gasteiger partial charge in [0.15, 0.2) is 0 Å². The van der Waals surface area contributed by atoms with E-state index < -0.39 is 11.7 Å². The van der Waals surface area contributed by atoms with Crippen molar-refractivity contribution in [1.82, 2.24) is 15.1 Å². The van der Waals surface area contributed by atoms with Crippen molar-refractivity contribution in [3.8, 4) is 0 Å². The van der Waals surface area contributed by atoms with Crippen LogP contribution in [-0.4, -0.2) is 45.8 Å². The van der Waals surface area contributed by atoms with Gasteiger partial charge in [-0.3, -0.25) is 9.89 Å². The van der Waals surface area contributed by atoms with Crippen LogP contribution < -0.4 is 5.32 Å². The van der Waals surface area contributed by atoms with Crippen molar-refractivity contribution in [3.63, 3.8) is 0 Å². The summed E-state index contributed by atoms with van der Waals surface area (Å²) in [5.74, 6) is -0.589. The second-order valence-electron chi connectivity index (χ2n) is 8.67. The molecular weight excluding hydrogens is 380 g/mol. The number of anilines is 1. The predicted molar refractivity (Wildman–Crippen MR) is 115 cm³/mol. The third-order valence-electron chi connectivity index (χ3n) is 5.24. The molecule has 2 heterocycles. The van der Waals surface area contributed by atoms with E-state index in [1.54, 1.807) is 11.1 Å². The first kappa shape index (κ1) is 19.9. The molecule has 1 aromatic heterocycles. The maximum atomic E-state index is 13.2. The first-order valence-corrected chi connectivity index (χ1v) is 10.1. The van der Waals surface area contributed by atoms with Crippen LogP contribution in [0.3, 0.4) is 0 Å². The predicted octanol–water partition coefficient (Wildman–Crippen LogP) is 4.15. The summed E-state index contributed by atoms with van der Waals surface area (Å²) in [6, 6.07) is 15.5. The second kappa shape index (κ2) is 7.82. The van der Waals surface area contributed by atoms with Crippen LogP contribution in [0.2, 0.25) is 0 Å². The normalized spacial score (nSPS) is 19.1. The number of nitrogens with one attached hydrogen (secondary N) is 2. The van der Waals surface area contributed by atoms with Crippen LogP contribution in [0.25, 0.3) is 10.9 Å². The molecule has 0 aliphatic carbocycles. The highest BCUT2D eigenvalue weighted by atomic mass is 16.6. The summed E-state index contributed by atoms with van der Waals surface area (Å²) in [5, 5.41) is 10.9. The molecule has 2 N–H and O–H groups in total. The molecule has 4 rings (SSSR count). The van der Waals surface area contributed by atoms with Crippen molar-refractivity contribution >= 4 is 28.6 Å². The van der Waals surface area contributed by atoms with Crippen LogP contribution in [0.5, 0.6) is 0 Å².